The van der Waals surface area contributed by atoms with Gasteiger partial charge in [-0.2, -0.15) is 0 Å². The Morgan fingerprint density at radius 2 is 1.81 bits per heavy atom. The monoisotopic (exact) mass is 367 g/mol. The van der Waals surface area contributed by atoms with Crippen molar-refractivity contribution in [2.45, 2.75) is 26.3 Å². The van der Waals surface area contributed by atoms with Gasteiger partial charge in [0.2, 0.25) is 0 Å². The summed E-state index contributed by atoms with van der Waals surface area (Å²) < 4.78 is 5.73. The van der Waals surface area contributed by atoms with Gasteiger partial charge in [0.1, 0.15) is 12.4 Å². The van der Waals surface area contributed by atoms with Crippen LogP contribution in [0, 0.1) is 6.92 Å². The van der Waals surface area contributed by atoms with Crippen LogP contribution in [-0.2, 0) is 6.54 Å². The summed E-state index contributed by atoms with van der Waals surface area (Å²) >= 11 is 0. The second kappa shape index (κ2) is 9.31. The second-order valence-electron chi connectivity index (χ2n) is 7.02. The number of ether oxygens (including phenoxy) is 1. The summed E-state index contributed by atoms with van der Waals surface area (Å²) in [5.41, 5.74) is 3.53. The first-order valence-corrected chi connectivity index (χ1v) is 9.65. The Labute approximate surface area is 161 Å². The number of carbonyl (C=O) groups is 1. The van der Waals surface area contributed by atoms with Crippen molar-refractivity contribution >= 4 is 11.7 Å². The maximum absolute atomic E-state index is 12.4. The van der Waals surface area contributed by atoms with Gasteiger partial charge in [0.25, 0.3) is 0 Å². The Morgan fingerprint density at radius 3 is 2.59 bits per heavy atom. The summed E-state index contributed by atoms with van der Waals surface area (Å²) in [6, 6.07) is 16.2. The lowest BCUT2D eigenvalue weighted by Crippen LogP contribution is -2.39. The van der Waals surface area contributed by atoms with Crippen LogP contribution < -0.4 is 15.0 Å². The molecule has 0 bridgehead atoms. The molecular formula is C22H29N3O2. The van der Waals surface area contributed by atoms with E-state index in [-0.39, 0.29) is 6.03 Å². The summed E-state index contributed by atoms with van der Waals surface area (Å²) in [6.07, 6.45) is 2.48. The minimum absolute atomic E-state index is 0.0837. The maximum Gasteiger partial charge on any atom is 0.317 e. The van der Waals surface area contributed by atoms with Gasteiger partial charge in [0, 0.05) is 32.4 Å². The maximum atomic E-state index is 12.4. The van der Waals surface area contributed by atoms with Crippen LogP contribution in [0.15, 0.2) is 48.5 Å². The summed E-state index contributed by atoms with van der Waals surface area (Å²) in [4.78, 5) is 16.5. The molecule has 27 heavy (non-hydrogen) atoms. The fourth-order valence-corrected chi connectivity index (χ4v) is 3.41. The van der Waals surface area contributed by atoms with Gasteiger partial charge in [-0.3, -0.25) is 0 Å². The first kappa shape index (κ1) is 19.1. The molecule has 0 radical (unpaired) electrons. The van der Waals surface area contributed by atoms with Crippen LogP contribution in [0.5, 0.6) is 5.75 Å². The van der Waals surface area contributed by atoms with Crippen LogP contribution in [0.4, 0.5) is 10.5 Å². The van der Waals surface area contributed by atoms with E-state index < -0.39 is 0 Å². The molecule has 2 aromatic carbocycles. The highest BCUT2D eigenvalue weighted by molar-refractivity contribution is 5.74. The standard InChI is InChI=1S/C22H29N3O2/c1-18-9-3-6-12-21(18)27-16-13-23-22(26)24(2)17-19-10-4-5-11-20(19)25-14-7-8-15-25/h3-6,9-12H,7-8,13-17H2,1-2H3,(H,23,26). The van der Waals surface area contributed by atoms with Gasteiger partial charge < -0.3 is 19.9 Å². The largest absolute Gasteiger partial charge is 0.491 e. The highest BCUT2D eigenvalue weighted by Gasteiger charge is 2.17. The molecule has 2 amide bonds. The molecule has 0 aliphatic carbocycles. The third-order valence-electron chi connectivity index (χ3n) is 4.92. The van der Waals surface area contributed by atoms with Gasteiger partial charge in [0.05, 0.1) is 6.54 Å². The second-order valence-corrected chi connectivity index (χ2v) is 7.02. The van der Waals surface area contributed by atoms with Crippen molar-refractivity contribution in [1.82, 2.24) is 10.2 Å². The Bertz CT molecular complexity index is 757. The number of urea groups is 1. The van der Waals surface area contributed by atoms with Crippen LogP contribution in [0.3, 0.4) is 0 Å². The zero-order valence-corrected chi connectivity index (χ0v) is 16.3. The third-order valence-corrected chi connectivity index (χ3v) is 4.92. The number of nitrogens with zero attached hydrogens (tertiary/aromatic N) is 2. The van der Waals surface area contributed by atoms with Crippen LogP contribution in [0.2, 0.25) is 0 Å². The van der Waals surface area contributed by atoms with Gasteiger partial charge in [-0.1, -0.05) is 36.4 Å². The number of benzene rings is 2. The van der Waals surface area contributed by atoms with E-state index in [0.29, 0.717) is 19.7 Å². The van der Waals surface area contributed by atoms with E-state index in [0.717, 1.165) is 24.4 Å². The minimum atomic E-state index is -0.0837. The quantitative estimate of drug-likeness (QED) is 0.757. The number of rotatable bonds is 7. The van der Waals surface area contributed by atoms with Gasteiger partial charge in [-0.15, -0.1) is 0 Å². The number of para-hydroxylation sites is 2. The highest BCUT2D eigenvalue weighted by Crippen LogP contribution is 2.25. The number of nitrogens with one attached hydrogen (secondary N) is 1. The molecule has 5 nitrogen and oxygen atoms in total. The number of carbonyl (C=O) groups excluding carboxylic acids is 1. The topological polar surface area (TPSA) is 44.8 Å². The van der Waals surface area contributed by atoms with Crippen LogP contribution >= 0.6 is 0 Å². The summed E-state index contributed by atoms with van der Waals surface area (Å²) in [5.74, 6) is 0.861. The fraction of sp³-hybridized carbons (Fsp3) is 0.409. The molecule has 5 heteroatoms. The van der Waals surface area contributed by atoms with E-state index >= 15 is 0 Å². The molecule has 1 aliphatic heterocycles. The molecule has 1 heterocycles. The molecule has 2 aromatic rings. The van der Waals surface area contributed by atoms with Crippen molar-refractivity contribution in [3.8, 4) is 5.75 Å². The lowest BCUT2D eigenvalue weighted by Gasteiger charge is -2.24. The fourth-order valence-electron chi connectivity index (χ4n) is 3.41. The first-order valence-electron chi connectivity index (χ1n) is 9.65. The molecule has 0 unspecified atom stereocenters. The third kappa shape index (κ3) is 5.16. The smallest absolute Gasteiger partial charge is 0.317 e. The van der Waals surface area contributed by atoms with E-state index in [1.807, 2.05) is 44.3 Å². The SMILES string of the molecule is Cc1ccccc1OCCNC(=O)N(C)Cc1ccccc1N1CCCC1. The normalized spacial score (nSPS) is 13.5. The molecule has 3 rings (SSSR count). The van der Waals surface area contributed by atoms with Gasteiger partial charge >= 0.3 is 6.03 Å². The summed E-state index contributed by atoms with van der Waals surface area (Å²) in [5, 5.41) is 2.93. The van der Waals surface area contributed by atoms with Crippen LogP contribution in [0.1, 0.15) is 24.0 Å². The first-order chi connectivity index (χ1) is 13.1. The Kier molecular flexibility index (Phi) is 6.58. The zero-order chi connectivity index (χ0) is 19.1. The minimum Gasteiger partial charge on any atom is -0.491 e. The summed E-state index contributed by atoms with van der Waals surface area (Å²) in [7, 11) is 1.83. The van der Waals surface area contributed by atoms with Crippen molar-refractivity contribution in [2.75, 3.05) is 38.2 Å². The number of hydrogen-bond donors (Lipinski definition) is 1. The predicted octanol–water partition coefficient (Wildman–Crippen LogP) is 3.82. The Hall–Kier alpha value is -2.69. The van der Waals surface area contributed by atoms with Crippen molar-refractivity contribution in [3.05, 3.63) is 59.7 Å². The number of hydrogen-bond acceptors (Lipinski definition) is 3. The molecule has 1 fully saturated rings. The van der Waals surface area contributed by atoms with Crippen molar-refractivity contribution in [3.63, 3.8) is 0 Å². The zero-order valence-electron chi connectivity index (χ0n) is 16.3. The highest BCUT2D eigenvalue weighted by atomic mass is 16.5. The molecule has 0 spiro atoms. The Morgan fingerprint density at radius 1 is 1.11 bits per heavy atom. The molecule has 144 valence electrons. The van der Waals surface area contributed by atoms with E-state index in [2.05, 4.69) is 28.4 Å². The van der Waals surface area contributed by atoms with Gasteiger partial charge in [0.15, 0.2) is 0 Å². The van der Waals surface area contributed by atoms with Gasteiger partial charge in [-0.25, -0.2) is 4.79 Å². The van der Waals surface area contributed by atoms with Crippen molar-refractivity contribution in [2.24, 2.45) is 0 Å². The van der Waals surface area contributed by atoms with Crippen molar-refractivity contribution < 1.29 is 9.53 Å². The van der Waals surface area contributed by atoms with E-state index in [9.17, 15) is 4.79 Å². The van der Waals surface area contributed by atoms with E-state index in [1.165, 1.54) is 24.1 Å². The average molecular weight is 367 g/mol. The number of amides is 2. The van der Waals surface area contributed by atoms with E-state index in [1.54, 1.807) is 4.90 Å². The summed E-state index contributed by atoms with van der Waals surface area (Å²) in [6.45, 7) is 5.74. The van der Waals surface area contributed by atoms with Crippen LogP contribution in [-0.4, -0.2) is 44.2 Å². The molecule has 0 aromatic heterocycles. The van der Waals surface area contributed by atoms with Crippen LogP contribution in [0.25, 0.3) is 0 Å². The molecule has 1 N–H and O–H groups in total. The van der Waals surface area contributed by atoms with Gasteiger partial charge in [-0.05, 0) is 43.0 Å². The lowest BCUT2D eigenvalue weighted by atomic mass is 10.1. The molecule has 1 saturated heterocycles. The average Bonchev–Trinajstić information content (AvgIpc) is 3.21. The number of anilines is 1. The van der Waals surface area contributed by atoms with Crippen molar-refractivity contribution in [1.29, 1.82) is 0 Å². The molecular weight excluding hydrogens is 338 g/mol. The van der Waals surface area contributed by atoms with E-state index in [4.69, 9.17) is 4.74 Å². The Balaban J connectivity index is 1.47. The molecule has 0 saturated carbocycles. The number of aryl methyl sites for hydroxylation is 1. The molecule has 0 atom stereocenters. The molecule has 1 aliphatic rings. The predicted molar refractivity (Wildman–Crippen MR) is 109 cm³/mol. The lowest BCUT2D eigenvalue weighted by molar-refractivity contribution is 0.203.